The lowest BCUT2D eigenvalue weighted by atomic mass is 10.2. The van der Waals surface area contributed by atoms with Gasteiger partial charge in [0.25, 0.3) is 0 Å². The molecule has 1 aromatic heterocycles. The quantitative estimate of drug-likeness (QED) is 0.864. The van der Waals surface area contributed by atoms with E-state index in [0.29, 0.717) is 11.7 Å². The van der Waals surface area contributed by atoms with Crippen LogP contribution in [-0.2, 0) is 6.54 Å². The van der Waals surface area contributed by atoms with E-state index >= 15 is 0 Å². The molecule has 0 radical (unpaired) electrons. The Kier molecular flexibility index (Phi) is 4.47. The van der Waals surface area contributed by atoms with E-state index in [-0.39, 0.29) is 5.75 Å². The van der Waals surface area contributed by atoms with E-state index in [2.05, 4.69) is 29.1 Å². The SMILES string of the molecule is CC(C)CNCc1ccnc(-c2cccc(O)c2)n1. The molecule has 0 aliphatic heterocycles. The molecule has 2 rings (SSSR count). The number of hydrogen-bond acceptors (Lipinski definition) is 4. The molecule has 100 valence electrons. The van der Waals surface area contributed by atoms with Crippen LogP contribution in [0.2, 0.25) is 0 Å². The number of hydrogen-bond donors (Lipinski definition) is 2. The summed E-state index contributed by atoms with van der Waals surface area (Å²) in [4.78, 5) is 8.74. The first kappa shape index (κ1) is 13.5. The summed E-state index contributed by atoms with van der Waals surface area (Å²) >= 11 is 0. The van der Waals surface area contributed by atoms with Gasteiger partial charge in [-0.3, -0.25) is 0 Å². The average Bonchev–Trinajstić information content (AvgIpc) is 2.39. The van der Waals surface area contributed by atoms with Crippen LogP contribution in [0.15, 0.2) is 36.5 Å². The van der Waals surface area contributed by atoms with Gasteiger partial charge in [0.15, 0.2) is 5.82 Å². The Bertz CT molecular complexity index is 540. The Morgan fingerprint density at radius 2 is 2.11 bits per heavy atom. The van der Waals surface area contributed by atoms with Crippen LogP contribution in [-0.4, -0.2) is 21.6 Å². The number of phenolic OH excluding ortho intramolecular Hbond substituents is 1. The molecule has 2 N–H and O–H groups in total. The van der Waals surface area contributed by atoms with Crippen molar-refractivity contribution in [3.05, 3.63) is 42.2 Å². The molecule has 0 amide bonds. The molecule has 0 atom stereocenters. The monoisotopic (exact) mass is 257 g/mol. The minimum Gasteiger partial charge on any atom is -0.508 e. The standard InChI is InChI=1S/C15H19N3O/c1-11(2)9-16-10-13-6-7-17-15(18-13)12-4-3-5-14(19)8-12/h3-8,11,16,19H,9-10H2,1-2H3. The fourth-order valence-electron chi connectivity index (χ4n) is 1.77. The van der Waals surface area contributed by atoms with Gasteiger partial charge in [-0.25, -0.2) is 9.97 Å². The van der Waals surface area contributed by atoms with Gasteiger partial charge < -0.3 is 10.4 Å². The number of phenols is 1. The molecule has 0 aliphatic rings. The number of nitrogens with one attached hydrogen (secondary N) is 1. The van der Waals surface area contributed by atoms with E-state index in [1.54, 1.807) is 24.4 Å². The first-order chi connectivity index (χ1) is 9.15. The summed E-state index contributed by atoms with van der Waals surface area (Å²) in [5.74, 6) is 1.48. The van der Waals surface area contributed by atoms with Crippen LogP contribution in [0.5, 0.6) is 5.75 Å². The lowest BCUT2D eigenvalue weighted by Crippen LogP contribution is -2.19. The minimum atomic E-state index is 0.226. The smallest absolute Gasteiger partial charge is 0.159 e. The van der Waals surface area contributed by atoms with E-state index in [0.717, 1.165) is 24.3 Å². The van der Waals surface area contributed by atoms with Gasteiger partial charge >= 0.3 is 0 Å². The van der Waals surface area contributed by atoms with Crippen LogP contribution in [0.3, 0.4) is 0 Å². The predicted molar refractivity (Wildman–Crippen MR) is 75.7 cm³/mol. The van der Waals surface area contributed by atoms with Crippen molar-refractivity contribution < 1.29 is 5.11 Å². The van der Waals surface area contributed by atoms with Gasteiger partial charge in [0.1, 0.15) is 5.75 Å². The lowest BCUT2D eigenvalue weighted by molar-refractivity contribution is 0.475. The maximum absolute atomic E-state index is 9.48. The van der Waals surface area contributed by atoms with Crippen LogP contribution in [0, 0.1) is 5.92 Å². The Labute approximate surface area is 113 Å². The molecule has 4 heteroatoms. The van der Waals surface area contributed by atoms with Gasteiger partial charge in [0.2, 0.25) is 0 Å². The van der Waals surface area contributed by atoms with Gasteiger partial charge in [-0.2, -0.15) is 0 Å². The van der Waals surface area contributed by atoms with E-state index < -0.39 is 0 Å². The van der Waals surface area contributed by atoms with Crippen LogP contribution < -0.4 is 5.32 Å². The number of aromatic hydroxyl groups is 1. The molecule has 2 aromatic rings. The molecule has 0 saturated heterocycles. The molecule has 0 spiro atoms. The second-order valence-corrected chi connectivity index (χ2v) is 4.95. The molecule has 0 fully saturated rings. The van der Waals surface area contributed by atoms with Crippen molar-refractivity contribution in [1.29, 1.82) is 0 Å². The molecule has 0 aliphatic carbocycles. The highest BCUT2D eigenvalue weighted by atomic mass is 16.3. The molecule has 4 nitrogen and oxygen atoms in total. The van der Waals surface area contributed by atoms with Crippen molar-refractivity contribution in [2.45, 2.75) is 20.4 Å². The maximum Gasteiger partial charge on any atom is 0.159 e. The van der Waals surface area contributed by atoms with Gasteiger partial charge in [-0.15, -0.1) is 0 Å². The van der Waals surface area contributed by atoms with Gasteiger partial charge in [-0.05, 0) is 30.7 Å². The number of benzene rings is 1. The number of rotatable bonds is 5. The van der Waals surface area contributed by atoms with E-state index in [4.69, 9.17) is 0 Å². The average molecular weight is 257 g/mol. The molecule has 19 heavy (non-hydrogen) atoms. The maximum atomic E-state index is 9.48. The van der Waals surface area contributed by atoms with Crippen molar-refractivity contribution in [2.75, 3.05) is 6.54 Å². The van der Waals surface area contributed by atoms with Crippen LogP contribution in [0.4, 0.5) is 0 Å². The molecule has 1 heterocycles. The van der Waals surface area contributed by atoms with Gasteiger partial charge in [0, 0.05) is 18.3 Å². The van der Waals surface area contributed by atoms with Crippen molar-refractivity contribution in [1.82, 2.24) is 15.3 Å². The topological polar surface area (TPSA) is 58.0 Å². The van der Waals surface area contributed by atoms with Gasteiger partial charge in [-0.1, -0.05) is 26.0 Å². The third-order valence-corrected chi connectivity index (χ3v) is 2.68. The first-order valence-electron chi connectivity index (χ1n) is 6.47. The number of nitrogens with zero attached hydrogens (tertiary/aromatic N) is 2. The molecular formula is C15H19N3O. The van der Waals surface area contributed by atoms with E-state index in [9.17, 15) is 5.11 Å². The Balaban J connectivity index is 2.11. The second kappa shape index (κ2) is 6.29. The second-order valence-electron chi connectivity index (χ2n) is 4.95. The number of aromatic nitrogens is 2. The molecule has 0 bridgehead atoms. The summed E-state index contributed by atoms with van der Waals surface area (Å²) in [7, 11) is 0. The predicted octanol–water partition coefficient (Wildman–Crippen LogP) is 2.59. The highest BCUT2D eigenvalue weighted by molar-refractivity contribution is 5.57. The lowest BCUT2D eigenvalue weighted by Gasteiger charge is -2.08. The Morgan fingerprint density at radius 3 is 2.84 bits per heavy atom. The molecule has 0 unspecified atom stereocenters. The summed E-state index contributed by atoms with van der Waals surface area (Å²) in [6.07, 6.45) is 1.75. The normalized spacial score (nSPS) is 10.9. The minimum absolute atomic E-state index is 0.226. The fourth-order valence-corrected chi connectivity index (χ4v) is 1.77. The summed E-state index contributed by atoms with van der Waals surface area (Å²) in [6.45, 7) is 6.04. The zero-order valence-corrected chi connectivity index (χ0v) is 11.3. The van der Waals surface area contributed by atoms with Crippen molar-refractivity contribution in [3.63, 3.8) is 0 Å². The van der Waals surface area contributed by atoms with Gasteiger partial charge in [0.05, 0.1) is 5.69 Å². The van der Waals surface area contributed by atoms with Crippen LogP contribution in [0.25, 0.3) is 11.4 Å². The third-order valence-electron chi connectivity index (χ3n) is 2.68. The Hall–Kier alpha value is -1.94. The highest BCUT2D eigenvalue weighted by Crippen LogP contribution is 2.19. The molecule has 0 saturated carbocycles. The van der Waals surface area contributed by atoms with E-state index in [1.807, 2.05) is 12.1 Å². The largest absolute Gasteiger partial charge is 0.508 e. The zero-order valence-electron chi connectivity index (χ0n) is 11.3. The fraction of sp³-hybridized carbons (Fsp3) is 0.333. The zero-order chi connectivity index (χ0) is 13.7. The van der Waals surface area contributed by atoms with Crippen molar-refractivity contribution >= 4 is 0 Å². The summed E-state index contributed by atoms with van der Waals surface area (Å²) in [6, 6.07) is 8.88. The molecular weight excluding hydrogens is 238 g/mol. The highest BCUT2D eigenvalue weighted by Gasteiger charge is 2.03. The van der Waals surface area contributed by atoms with E-state index in [1.165, 1.54) is 0 Å². The summed E-state index contributed by atoms with van der Waals surface area (Å²) in [5, 5.41) is 12.8. The van der Waals surface area contributed by atoms with Crippen LogP contribution >= 0.6 is 0 Å². The molecule has 1 aromatic carbocycles. The summed E-state index contributed by atoms with van der Waals surface area (Å²) < 4.78 is 0. The van der Waals surface area contributed by atoms with Crippen molar-refractivity contribution in [3.8, 4) is 17.1 Å². The third kappa shape index (κ3) is 4.03. The van der Waals surface area contributed by atoms with Crippen molar-refractivity contribution in [2.24, 2.45) is 5.92 Å². The van der Waals surface area contributed by atoms with Crippen LogP contribution in [0.1, 0.15) is 19.5 Å². The first-order valence-corrected chi connectivity index (χ1v) is 6.47. The Morgan fingerprint density at radius 1 is 1.26 bits per heavy atom. The summed E-state index contributed by atoms with van der Waals surface area (Å²) in [5.41, 5.74) is 1.78.